The van der Waals surface area contributed by atoms with Gasteiger partial charge < -0.3 is 4.90 Å². The number of aromatic nitrogens is 6. The molecule has 1 amide bonds. The van der Waals surface area contributed by atoms with Crippen LogP contribution in [-0.4, -0.2) is 79.1 Å². The van der Waals surface area contributed by atoms with Crippen molar-refractivity contribution in [3.63, 3.8) is 0 Å². The molecule has 3 aromatic rings. The minimum Gasteiger partial charge on any atom is -0.335 e. The Hall–Kier alpha value is -2.99. The molecule has 11 nitrogen and oxygen atoms in total. The van der Waals surface area contributed by atoms with E-state index >= 15 is 0 Å². The van der Waals surface area contributed by atoms with E-state index in [0.29, 0.717) is 37.7 Å². The molecule has 0 aromatic carbocycles. The molecule has 1 aliphatic heterocycles. The van der Waals surface area contributed by atoms with Gasteiger partial charge in [-0.25, -0.2) is 13.1 Å². The topological polar surface area (TPSA) is 111 Å². The molecule has 1 saturated heterocycles. The highest BCUT2D eigenvalue weighted by molar-refractivity contribution is 7.89. The van der Waals surface area contributed by atoms with Crippen LogP contribution in [0.2, 0.25) is 0 Å². The van der Waals surface area contributed by atoms with Crippen molar-refractivity contribution in [2.45, 2.75) is 45.8 Å². The van der Waals surface area contributed by atoms with E-state index in [2.05, 4.69) is 15.3 Å². The predicted molar refractivity (Wildman–Crippen MR) is 117 cm³/mol. The average molecular weight is 461 g/mol. The molecule has 32 heavy (non-hydrogen) atoms. The highest BCUT2D eigenvalue weighted by atomic mass is 32.2. The zero-order chi connectivity index (χ0) is 23.0. The van der Waals surface area contributed by atoms with Gasteiger partial charge in [-0.15, -0.1) is 0 Å². The zero-order valence-electron chi connectivity index (χ0n) is 18.8. The first kappa shape index (κ1) is 22.2. The molecular weight excluding hydrogens is 432 g/mol. The molecule has 0 atom stereocenters. The quantitative estimate of drug-likeness (QED) is 0.540. The highest BCUT2D eigenvalue weighted by Crippen LogP contribution is 2.21. The van der Waals surface area contributed by atoms with Crippen LogP contribution in [0.25, 0.3) is 0 Å². The van der Waals surface area contributed by atoms with Gasteiger partial charge in [0.2, 0.25) is 10.0 Å². The molecule has 0 spiro atoms. The predicted octanol–water partition coefficient (Wildman–Crippen LogP) is 0.874. The highest BCUT2D eigenvalue weighted by Gasteiger charge is 2.33. The van der Waals surface area contributed by atoms with Gasteiger partial charge in [0.25, 0.3) is 5.91 Å². The van der Waals surface area contributed by atoms with Crippen molar-refractivity contribution in [1.82, 2.24) is 38.5 Å². The Morgan fingerprint density at radius 1 is 1.03 bits per heavy atom. The fourth-order valence-electron chi connectivity index (χ4n) is 3.86. The third kappa shape index (κ3) is 4.19. The third-order valence-electron chi connectivity index (χ3n) is 5.61. The number of amides is 1. The van der Waals surface area contributed by atoms with Gasteiger partial charge in [0.15, 0.2) is 0 Å². The third-order valence-corrected chi connectivity index (χ3v) is 7.61. The molecule has 172 valence electrons. The molecule has 0 bridgehead atoms. The first-order valence-electron chi connectivity index (χ1n) is 10.6. The van der Waals surface area contributed by atoms with E-state index in [-0.39, 0.29) is 23.9 Å². The summed E-state index contributed by atoms with van der Waals surface area (Å²) in [7, 11) is -3.65. The number of hydrogen-bond donors (Lipinski definition) is 0. The molecule has 0 aliphatic carbocycles. The van der Waals surface area contributed by atoms with Crippen molar-refractivity contribution in [3.8, 4) is 0 Å². The molecule has 3 aromatic heterocycles. The largest absolute Gasteiger partial charge is 0.335 e. The molecule has 1 aliphatic rings. The fourth-order valence-corrected chi connectivity index (χ4v) is 5.45. The van der Waals surface area contributed by atoms with Crippen molar-refractivity contribution >= 4 is 15.9 Å². The maximum absolute atomic E-state index is 13.0. The maximum Gasteiger partial charge on any atom is 0.274 e. The Morgan fingerprint density at radius 3 is 2.34 bits per heavy atom. The lowest BCUT2D eigenvalue weighted by Gasteiger charge is -2.33. The Kier molecular flexibility index (Phi) is 5.91. The van der Waals surface area contributed by atoms with Gasteiger partial charge in [0.1, 0.15) is 17.3 Å². The van der Waals surface area contributed by atoms with Crippen LogP contribution in [0.15, 0.2) is 29.4 Å². The number of sulfonamides is 1. The Balaban J connectivity index is 1.40. The monoisotopic (exact) mass is 460 g/mol. The summed E-state index contributed by atoms with van der Waals surface area (Å²) in [5, 5.41) is 13.0. The summed E-state index contributed by atoms with van der Waals surface area (Å²) in [6.07, 6.45) is 3.32. The molecule has 4 heterocycles. The van der Waals surface area contributed by atoms with Crippen LogP contribution in [0.3, 0.4) is 0 Å². The van der Waals surface area contributed by atoms with E-state index < -0.39 is 10.0 Å². The molecule has 0 radical (unpaired) electrons. The lowest BCUT2D eigenvalue weighted by molar-refractivity contribution is 0.0691. The van der Waals surface area contributed by atoms with Gasteiger partial charge in [-0.05, 0) is 39.8 Å². The van der Waals surface area contributed by atoms with E-state index in [0.717, 1.165) is 11.4 Å². The van der Waals surface area contributed by atoms with Gasteiger partial charge in [0, 0.05) is 50.8 Å². The second kappa shape index (κ2) is 8.51. The Labute approximate surface area is 187 Å². The maximum atomic E-state index is 13.0. The number of hydrogen-bond acceptors (Lipinski definition) is 6. The van der Waals surface area contributed by atoms with Gasteiger partial charge in [-0.3, -0.25) is 14.2 Å². The van der Waals surface area contributed by atoms with Crippen LogP contribution in [0.5, 0.6) is 0 Å². The van der Waals surface area contributed by atoms with Gasteiger partial charge in [0.05, 0.1) is 11.4 Å². The van der Waals surface area contributed by atoms with Gasteiger partial charge in [-0.1, -0.05) is 0 Å². The standard InChI is InChI=1S/C20H28N8O3S/c1-5-25-13-19(17(4)22-25)32(30,31)27-10-8-24(9-11-27)20(29)18-6-7-26(23-18)14-28-16(3)12-15(2)21-28/h6-7,12-13H,5,8-11,14H2,1-4H3. The summed E-state index contributed by atoms with van der Waals surface area (Å²) in [6, 6.07) is 3.66. The summed E-state index contributed by atoms with van der Waals surface area (Å²) in [4.78, 5) is 14.8. The van der Waals surface area contributed by atoms with Crippen molar-refractivity contribution in [1.29, 1.82) is 0 Å². The smallest absolute Gasteiger partial charge is 0.274 e. The molecular formula is C20H28N8O3S. The number of piperazine rings is 1. The number of carbonyl (C=O) groups excluding carboxylic acids is 1. The van der Waals surface area contributed by atoms with Crippen LogP contribution in [0, 0.1) is 20.8 Å². The zero-order valence-corrected chi connectivity index (χ0v) is 19.6. The van der Waals surface area contributed by atoms with Crippen molar-refractivity contribution in [3.05, 3.63) is 47.3 Å². The number of carbonyl (C=O) groups is 1. The van der Waals surface area contributed by atoms with E-state index in [1.807, 2.05) is 31.5 Å². The molecule has 12 heteroatoms. The number of aryl methyl sites for hydroxylation is 4. The first-order chi connectivity index (χ1) is 15.2. The second-order valence-corrected chi connectivity index (χ2v) is 9.85. The van der Waals surface area contributed by atoms with E-state index in [4.69, 9.17) is 0 Å². The molecule has 4 rings (SSSR count). The number of rotatable bonds is 6. The lowest BCUT2D eigenvalue weighted by Crippen LogP contribution is -2.50. The van der Waals surface area contributed by atoms with Crippen LogP contribution in [0.4, 0.5) is 0 Å². The average Bonchev–Trinajstić information content (AvgIpc) is 3.47. The van der Waals surface area contributed by atoms with Crippen LogP contribution in [0.1, 0.15) is 34.5 Å². The van der Waals surface area contributed by atoms with E-state index in [1.165, 1.54) is 4.31 Å². The summed E-state index contributed by atoms with van der Waals surface area (Å²) in [5.74, 6) is -0.204. The molecule has 0 N–H and O–H groups in total. The SMILES string of the molecule is CCn1cc(S(=O)(=O)N2CCN(C(=O)c3ccn(Cn4nc(C)cc4C)n3)CC2)c(C)n1. The number of nitrogens with zero attached hydrogens (tertiary/aromatic N) is 8. The van der Waals surface area contributed by atoms with Gasteiger partial charge >= 0.3 is 0 Å². The summed E-state index contributed by atoms with van der Waals surface area (Å²) in [6.45, 7) is 9.61. The lowest BCUT2D eigenvalue weighted by atomic mass is 10.3. The van der Waals surface area contributed by atoms with E-state index in [1.54, 1.807) is 39.6 Å². The first-order valence-corrected chi connectivity index (χ1v) is 12.0. The van der Waals surface area contributed by atoms with Gasteiger partial charge in [-0.2, -0.15) is 19.6 Å². The molecule has 0 unspecified atom stereocenters. The molecule has 1 fully saturated rings. The van der Waals surface area contributed by atoms with E-state index in [9.17, 15) is 13.2 Å². The Morgan fingerprint density at radius 2 is 1.75 bits per heavy atom. The normalized spacial score (nSPS) is 15.4. The van der Waals surface area contributed by atoms with Crippen LogP contribution < -0.4 is 0 Å². The second-order valence-electron chi connectivity index (χ2n) is 7.94. The van der Waals surface area contributed by atoms with Crippen molar-refractivity contribution in [2.24, 2.45) is 0 Å². The van der Waals surface area contributed by atoms with Crippen molar-refractivity contribution < 1.29 is 13.2 Å². The van der Waals surface area contributed by atoms with Crippen LogP contribution in [-0.2, 0) is 23.2 Å². The minimum atomic E-state index is -3.65. The Bertz CT molecular complexity index is 1230. The summed E-state index contributed by atoms with van der Waals surface area (Å²) in [5.41, 5.74) is 2.76. The molecule has 0 saturated carbocycles. The van der Waals surface area contributed by atoms with Crippen molar-refractivity contribution in [2.75, 3.05) is 26.2 Å². The minimum absolute atomic E-state index is 0.204. The fraction of sp³-hybridized carbons (Fsp3) is 0.500. The summed E-state index contributed by atoms with van der Waals surface area (Å²) < 4.78 is 32.6. The summed E-state index contributed by atoms with van der Waals surface area (Å²) >= 11 is 0. The van der Waals surface area contributed by atoms with Crippen LogP contribution >= 0.6 is 0 Å².